The summed E-state index contributed by atoms with van der Waals surface area (Å²) in [6.07, 6.45) is -1.26. The molecule has 0 aliphatic rings. The monoisotopic (exact) mass is 289 g/mol. The zero-order chi connectivity index (χ0) is 15.0. The Bertz CT molecular complexity index is 393. The molecule has 0 bridgehead atoms. The summed E-state index contributed by atoms with van der Waals surface area (Å²) in [5.41, 5.74) is 0.599. The van der Waals surface area contributed by atoms with Gasteiger partial charge < -0.3 is 10.1 Å². The molecular weight excluding hydrogens is 267 g/mol. The van der Waals surface area contributed by atoms with Crippen molar-refractivity contribution in [1.29, 1.82) is 0 Å². The number of rotatable bonds is 8. The van der Waals surface area contributed by atoms with Crippen LogP contribution in [-0.4, -0.2) is 18.9 Å². The third-order valence-corrected chi connectivity index (χ3v) is 3.14. The minimum Gasteiger partial charge on any atom is -0.406 e. The topological polar surface area (TPSA) is 21.3 Å². The van der Waals surface area contributed by atoms with Crippen LogP contribution in [0.1, 0.15) is 38.7 Å². The van der Waals surface area contributed by atoms with E-state index in [9.17, 15) is 13.2 Å². The highest BCUT2D eigenvalue weighted by atomic mass is 19.4. The number of halogens is 3. The molecule has 5 heteroatoms. The van der Waals surface area contributed by atoms with Crippen LogP contribution < -0.4 is 10.1 Å². The average Bonchev–Trinajstić information content (AvgIpc) is 2.39. The molecule has 1 aromatic rings. The van der Waals surface area contributed by atoms with Crippen LogP contribution in [-0.2, 0) is 6.42 Å². The van der Waals surface area contributed by atoms with Gasteiger partial charge in [0.2, 0.25) is 0 Å². The first-order valence-corrected chi connectivity index (χ1v) is 7.03. The third-order valence-electron chi connectivity index (χ3n) is 3.14. The Kier molecular flexibility index (Phi) is 6.85. The van der Waals surface area contributed by atoms with Crippen molar-refractivity contribution in [3.8, 4) is 5.75 Å². The van der Waals surface area contributed by atoms with Crippen molar-refractivity contribution < 1.29 is 17.9 Å². The Morgan fingerprint density at radius 1 is 1.20 bits per heavy atom. The van der Waals surface area contributed by atoms with Crippen LogP contribution in [0.2, 0.25) is 0 Å². The fourth-order valence-electron chi connectivity index (χ4n) is 2.06. The SMILES string of the molecule is CCCNC(CC)CCc1ccccc1OC(F)(F)F. The maximum atomic E-state index is 12.3. The van der Waals surface area contributed by atoms with Crippen LogP contribution in [0.3, 0.4) is 0 Å². The predicted molar refractivity (Wildman–Crippen MR) is 73.8 cm³/mol. The molecule has 0 fully saturated rings. The lowest BCUT2D eigenvalue weighted by atomic mass is 10.0. The molecule has 0 radical (unpaired) electrons. The van der Waals surface area contributed by atoms with Gasteiger partial charge in [-0.05, 0) is 43.9 Å². The Morgan fingerprint density at radius 3 is 2.50 bits per heavy atom. The van der Waals surface area contributed by atoms with Gasteiger partial charge in [-0.3, -0.25) is 0 Å². The predicted octanol–water partition coefficient (Wildman–Crippen LogP) is 4.30. The van der Waals surface area contributed by atoms with Gasteiger partial charge in [0.05, 0.1) is 0 Å². The van der Waals surface area contributed by atoms with Gasteiger partial charge in [0, 0.05) is 6.04 Å². The summed E-state index contributed by atoms with van der Waals surface area (Å²) < 4.78 is 41.0. The first-order valence-electron chi connectivity index (χ1n) is 7.03. The minimum absolute atomic E-state index is 0.0923. The van der Waals surface area contributed by atoms with E-state index in [1.54, 1.807) is 18.2 Å². The quantitative estimate of drug-likeness (QED) is 0.770. The molecule has 0 amide bonds. The molecule has 1 N–H and O–H groups in total. The minimum atomic E-state index is -4.64. The van der Waals surface area contributed by atoms with Crippen LogP contribution in [0.5, 0.6) is 5.75 Å². The van der Waals surface area contributed by atoms with E-state index < -0.39 is 6.36 Å². The van der Waals surface area contributed by atoms with Crippen molar-refractivity contribution in [2.75, 3.05) is 6.54 Å². The summed E-state index contributed by atoms with van der Waals surface area (Å²) in [7, 11) is 0. The lowest BCUT2D eigenvalue weighted by molar-refractivity contribution is -0.274. The average molecular weight is 289 g/mol. The number of ether oxygens (including phenoxy) is 1. The fraction of sp³-hybridized carbons (Fsp3) is 0.600. The lowest BCUT2D eigenvalue weighted by Crippen LogP contribution is -2.29. The van der Waals surface area contributed by atoms with Gasteiger partial charge in [0.25, 0.3) is 0 Å². The van der Waals surface area contributed by atoms with Crippen LogP contribution in [0.15, 0.2) is 24.3 Å². The largest absolute Gasteiger partial charge is 0.573 e. The molecule has 1 unspecified atom stereocenters. The first-order chi connectivity index (χ1) is 9.46. The second kappa shape index (κ2) is 8.15. The van der Waals surface area contributed by atoms with Crippen molar-refractivity contribution in [1.82, 2.24) is 5.32 Å². The normalized spacial score (nSPS) is 13.2. The van der Waals surface area contributed by atoms with Crippen LogP contribution in [0.4, 0.5) is 13.2 Å². The molecule has 0 saturated heterocycles. The van der Waals surface area contributed by atoms with E-state index in [1.807, 2.05) is 0 Å². The molecule has 2 nitrogen and oxygen atoms in total. The number of hydrogen-bond acceptors (Lipinski definition) is 2. The van der Waals surface area contributed by atoms with E-state index in [0.717, 1.165) is 25.8 Å². The van der Waals surface area contributed by atoms with Gasteiger partial charge in [0.15, 0.2) is 0 Å². The maximum absolute atomic E-state index is 12.3. The standard InChI is InChI=1S/C15H22F3NO/c1-3-11-19-13(4-2)10-9-12-7-5-6-8-14(12)20-15(16,17)18/h5-8,13,19H,3-4,9-11H2,1-2H3. The zero-order valence-corrected chi connectivity index (χ0v) is 12.0. The molecule has 0 heterocycles. The van der Waals surface area contributed by atoms with E-state index in [-0.39, 0.29) is 5.75 Å². The van der Waals surface area contributed by atoms with Crippen LogP contribution >= 0.6 is 0 Å². The van der Waals surface area contributed by atoms with Crippen molar-refractivity contribution >= 4 is 0 Å². The van der Waals surface area contributed by atoms with Gasteiger partial charge in [-0.15, -0.1) is 13.2 Å². The molecule has 1 rings (SSSR count). The Labute approximate surface area is 118 Å². The molecule has 1 atom stereocenters. The molecule has 0 saturated carbocycles. The van der Waals surface area contributed by atoms with E-state index in [2.05, 4.69) is 23.9 Å². The highest BCUT2D eigenvalue weighted by molar-refractivity contribution is 5.33. The lowest BCUT2D eigenvalue weighted by Gasteiger charge is -2.18. The van der Waals surface area contributed by atoms with Crippen LogP contribution in [0, 0.1) is 0 Å². The summed E-state index contributed by atoms with van der Waals surface area (Å²) >= 11 is 0. The smallest absolute Gasteiger partial charge is 0.406 e. The van der Waals surface area contributed by atoms with Gasteiger partial charge >= 0.3 is 6.36 Å². The second-order valence-corrected chi connectivity index (χ2v) is 4.75. The van der Waals surface area contributed by atoms with Crippen molar-refractivity contribution in [2.24, 2.45) is 0 Å². The molecule has 0 spiro atoms. The van der Waals surface area contributed by atoms with Crippen molar-refractivity contribution in [3.05, 3.63) is 29.8 Å². The van der Waals surface area contributed by atoms with Gasteiger partial charge in [-0.1, -0.05) is 32.0 Å². The first kappa shape index (κ1) is 16.8. The molecular formula is C15H22F3NO. The van der Waals surface area contributed by atoms with Gasteiger partial charge in [0.1, 0.15) is 5.75 Å². The summed E-state index contributed by atoms with van der Waals surface area (Å²) in [5.74, 6) is -0.0923. The maximum Gasteiger partial charge on any atom is 0.573 e. The Hall–Kier alpha value is -1.23. The van der Waals surface area contributed by atoms with Gasteiger partial charge in [-0.2, -0.15) is 0 Å². The molecule has 0 aliphatic heterocycles. The number of alkyl halides is 3. The molecule has 0 aromatic heterocycles. The number of hydrogen-bond donors (Lipinski definition) is 1. The third kappa shape index (κ3) is 6.28. The number of nitrogens with one attached hydrogen (secondary N) is 1. The highest BCUT2D eigenvalue weighted by Crippen LogP contribution is 2.27. The Balaban J connectivity index is 2.62. The molecule has 0 aliphatic carbocycles. The summed E-state index contributed by atoms with van der Waals surface area (Å²) in [6.45, 7) is 5.09. The van der Waals surface area contributed by atoms with Crippen LogP contribution in [0.25, 0.3) is 0 Å². The Morgan fingerprint density at radius 2 is 1.90 bits per heavy atom. The second-order valence-electron chi connectivity index (χ2n) is 4.75. The van der Waals surface area contributed by atoms with Gasteiger partial charge in [-0.25, -0.2) is 0 Å². The van der Waals surface area contributed by atoms with Crippen molar-refractivity contribution in [2.45, 2.75) is 51.9 Å². The summed E-state index contributed by atoms with van der Waals surface area (Å²) in [4.78, 5) is 0. The fourth-order valence-corrected chi connectivity index (χ4v) is 2.06. The van der Waals surface area contributed by atoms with Crippen molar-refractivity contribution in [3.63, 3.8) is 0 Å². The summed E-state index contributed by atoms with van der Waals surface area (Å²) in [5, 5.41) is 3.39. The number of aryl methyl sites for hydroxylation is 1. The van der Waals surface area contributed by atoms with E-state index in [4.69, 9.17) is 0 Å². The molecule has 114 valence electrons. The number of benzene rings is 1. The summed E-state index contributed by atoms with van der Waals surface area (Å²) in [6, 6.07) is 6.67. The zero-order valence-electron chi connectivity index (χ0n) is 12.0. The molecule has 20 heavy (non-hydrogen) atoms. The highest BCUT2D eigenvalue weighted by Gasteiger charge is 2.31. The van der Waals surface area contributed by atoms with E-state index >= 15 is 0 Å². The van der Waals surface area contributed by atoms with E-state index in [0.29, 0.717) is 18.0 Å². The van der Waals surface area contributed by atoms with E-state index in [1.165, 1.54) is 6.07 Å². The number of para-hydroxylation sites is 1. The molecule has 1 aromatic carbocycles.